The van der Waals surface area contributed by atoms with Crippen molar-refractivity contribution in [3.05, 3.63) is 20.3 Å². The Morgan fingerprint density at radius 3 is 2.31 bits per heavy atom. The fourth-order valence-electron chi connectivity index (χ4n) is 1.36. The molecule has 0 aliphatic heterocycles. The maximum absolute atomic E-state index is 6.14. The zero-order valence-corrected chi connectivity index (χ0v) is 13.9. The molecule has 2 atom stereocenters. The number of alkyl halides is 1. The van der Waals surface area contributed by atoms with Crippen LogP contribution in [0.1, 0.15) is 44.5 Å². The van der Waals surface area contributed by atoms with Crippen molar-refractivity contribution in [3.8, 4) is 0 Å². The van der Waals surface area contributed by atoms with E-state index in [1.54, 1.807) is 0 Å². The summed E-state index contributed by atoms with van der Waals surface area (Å²) >= 11 is 17.2. The first-order chi connectivity index (χ1) is 7.21. The fraction of sp³-hybridized carbons (Fsp3) is 0.667. The normalized spacial score (nSPS) is 16.2. The van der Waals surface area contributed by atoms with Crippen LogP contribution in [0.4, 0.5) is 0 Å². The fourth-order valence-corrected chi connectivity index (χ4v) is 4.14. The second kappa shape index (κ2) is 5.60. The Kier molecular flexibility index (Phi) is 5.19. The van der Waals surface area contributed by atoms with Crippen LogP contribution in [0, 0.1) is 11.3 Å². The highest BCUT2D eigenvalue weighted by atomic mass is 79.9. The minimum atomic E-state index is 0.290. The van der Waals surface area contributed by atoms with Crippen LogP contribution in [-0.2, 0) is 0 Å². The molecule has 1 rings (SSSR count). The number of rotatable bonds is 3. The van der Waals surface area contributed by atoms with Crippen LogP contribution in [-0.4, -0.2) is 0 Å². The molecule has 0 amide bonds. The Hall–Kier alpha value is 0.760. The van der Waals surface area contributed by atoms with Crippen LogP contribution in [0.2, 0.25) is 8.67 Å². The third-order valence-electron chi connectivity index (χ3n) is 3.06. The molecule has 92 valence electrons. The van der Waals surface area contributed by atoms with Gasteiger partial charge in [0.05, 0.1) is 8.67 Å². The van der Waals surface area contributed by atoms with Gasteiger partial charge in [-0.25, -0.2) is 0 Å². The average Bonchev–Trinajstić information content (AvgIpc) is 2.43. The van der Waals surface area contributed by atoms with Crippen molar-refractivity contribution in [2.75, 3.05) is 0 Å². The summed E-state index contributed by atoms with van der Waals surface area (Å²) in [6, 6.07) is 1.96. The molecule has 1 aromatic heterocycles. The summed E-state index contributed by atoms with van der Waals surface area (Å²) in [6.07, 6.45) is 1.07. The molecule has 0 aliphatic rings. The molecule has 16 heavy (non-hydrogen) atoms. The van der Waals surface area contributed by atoms with E-state index < -0.39 is 0 Å². The standard InChI is InChI=1S/C12H17BrCl2S/c1-7(12(2,3)4)5-9(13)8-6-10(14)16-11(8)15/h6-7,9H,5H2,1-4H3. The molecule has 1 heterocycles. The topological polar surface area (TPSA) is 0 Å². The first kappa shape index (κ1) is 14.8. The van der Waals surface area contributed by atoms with Gasteiger partial charge in [0, 0.05) is 4.83 Å². The third-order valence-corrected chi connectivity index (χ3v) is 5.44. The van der Waals surface area contributed by atoms with Gasteiger partial charge in [-0.15, -0.1) is 11.3 Å². The highest BCUT2D eigenvalue weighted by Gasteiger charge is 2.24. The Labute approximate surface area is 120 Å². The van der Waals surface area contributed by atoms with Gasteiger partial charge in [-0.3, -0.25) is 0 Å². The van der Waals surface area contributed by atoms with Gasteiger partial charge in [0.15, 0.2) is 0 Å². The first-order valence-corrected chi connectivity index (χ1v) is 7.79. The summed E-state index contributed by atoms with van der Waals surface area (Å²) in [7, 11) is 0. The predicted molar refractivity (Wildman–Crippen MR) is 79.2 cm³/mol. The largest absolute Gasteiger partial charge is 0.111 e. The molecular weight excluding hydrogens is 327 g/mol. The molecular formula is C12H17BrCl2S. The molecule has 2 unspecified atom stereocenters. The van der Waals surface area contributed by atoms with Gasteiger partial charge in [-0.05, 0) is 29.4 Å². The highest BCUT2D eigenvalue weighted by molar-refractivity contribution is 9.09. The predicted octanol–water partition coefficient (Wildman–Crippen LogP) is 6.56. The Balaban J connectivity index is 2.73. The molecule has 0 aliphatic carbocycles. The van der Waals surface area contributed by atoms with Crippen molar-refractivity contribution in [2.45, 2.75) is 38.9 Å². The molecule has 0 fully saturated rings. The molecule has 0 saturated carbocycles. The van der Waals surface area contributed by atoms with E-state index in [0.29, 0.717) is 11.3 Å². The van der Waals surface area contributed by atoms with Crippen molar-refractivity contribution in [1.82, 2.24) is 0 Å². The lowest BCUT2D eigenvalue weighted by atomic mass is 9.79. The van der Waals surface area contributed by atoms with Crippen molar-refractivity contribution in [3.63, 3.8) is 0 Å². The minimum absolute atomic E-state index is 0.290. The van der Waals surface area contributed by atoms with Crippen LogP contribution < -0.4 is 0 Å². The van der Waals surface area contributed by atoms with Crippen molar-refractivity contribution in [2.24, 2.45) is 11.3 Å². The quantitative estimate of drug-likeness (QED) is 0.545. The van der Waals surface area contributed by atoms with Crippen molar-refractivity contribution >= 4 is 50.5 Å². The minimum Gasteiger partial charge on any atom is -0.111 e. The van der Waals surface area contributed by atoms with E-state index in [-0.39, 0.29) is 4.83 Å². The van der Waals surface area contributed by atoms with Crippen LogP contribution in [0.3, 0.4) is 0 Å². The maximum Gasteiger partial charge on any atom is 0.0987 e. The Morgan fingerprint density at radius 2 is 1.94 bits per heavy atom. The molecule has 0 spiro atoms. The second-order valence-corrected chi connectivity index (χ2v) is 8.64. The van der Waals surface area contributed by atoms with Gasteiger partial charge >= 0.3 is 0 Å². The Bertz CT molecular complexity index is 354. The molecule has 0 saturated heterocycles. The molecule has 0 radical (unpaired) electrons. The lowest BCUT2D eigenvalue weighted by Crippen LogP contribution is -2.18. The van der Waals surface area contributed by atoms with Gasteiger partial charge in [-0.1, -0.05) is 66.8 Å². The number of hydrogen-bond donors (Lipinski definition) is 0. The lowest BCUT2D eigenvalue weighted by molar-refractivity contribution is 0.247. The maximum atomic E-state index is 6.14. The van der Waals surface area contributed by atoms with Crippen LogP contribution in [0.5, 0.6) is 0 Å². The smallest absolute Gasteiger partial charge is 0.0987 e. The molecule has 4 heteroatoms. The van der Waals surface area contributed by atoms with Gasteiger partial charge < -0.3 is 0 Å². The first-order valence-electron chi connectivity index (χ1n) is 5.30. The summed E-state index contributed by atoms with van der Waals surface area (Å²) in [4.78, 5) is 0.290. The van der Waals surface area contributed by atoms with Gasteiger partial charge in [0.1, 0.15) is 0 Å². The lowest BCUT2D eigenvalue weighted by Gasteiger charge is -2.29. The van der Waals surface area contributed by atoms with Crippen LogP contribution in [0.25, 0.3) is 0 Å². The van der Waals surface area contributed by atoms with E-state index in [1.807, 2.05) is 6.07 Å². The second-order valence-electron chi connectivity index (χ2n) is 5.25. The van der Waals surface area contributed by atoms with E-state index in [2.05, 4.69) is 43.6 Å². The van der Waals surface area contributed by atoms with Crippen LogP contribution >= 0.6 is 50.5 Å². The van der Waals surface area contributed by atoms with E-state index in [4.69, 9.17) is 23.2 Å². The van der Waals surface area contributed by atoms with E-state index in [9.17, 15) is 0 Å². The summed E-state index contributed by atoms with van der Waals surface area (Å²) in [5.41, 5.74) is 1.44. The van der Waals surface area contributed by atoms with E-state index >= 15 is 0 Å². The molecule has 0 aromatic carbocycles. The number of thiophene rings is 1. The van der Waals surface area contributed by atoms with Crippen molar-refractivity contribution < 1.29 is 0 Å². The zero-order chi connectivity index (χ0) is 12.5. The summed E-state index contributed by atoms with van der Waals surface area (Å²) < 4.78 is 1.56. The van der Waals surface area contributed by atoms with Gasteiger partial charge in [0.25, 0.3) is 0 Å². The average molecular weight is 344 g/mol. The molecule has 1 aromatic rings. The zero-order valence-electron chi connectivity index (χ0n) is 9.98. The SMILES string of the molecule is CC(CC(Br)c1cc(Cl)sc1Cl)C(C)(C)C. The summed E-state index contributed by atoms with van der Waals surface area (Å²) in [6.45, 7) is 9.06. The molecule has 0 N–H and O–H groups in total. The molecule has 0 nitrogen and oxygen atoms in total. The number of hydrogen-bond acceptors (Lipinski definition) is 1. The summed E-state index contributed by atoms with van der Waals surface area (Å²) in [5.74, 6) is 0.617. The summed E-state index contributed by atoms with van der Waals surface area (Å²) in [5, 5.41) is 0. The molecule has 0 bridgehead atoms. The monoisotopic (exact) mass is 342 g/mol. The van der Waals surface area contributed by atoms with E-state index in [0.717, 1.165) is 20.7 Å². The van der Waals surface area contributed by atoms with E-state index in [1.165, 1.54) is 11.3 Å². The van der Waals surface area contributed by atoms with Crippen molar-refractivity contribution in [1.29, 1.82) is 0 Å². The third kappa shape index (κ3) is 3.90. The van der Waals surface area contributed by atoms with Gasteiger partial charge in [0.2, 0.25) is 0 Å². The number of halogens is 3. The highest BCUT2D eigenvalue weighted by Crippen LogP contribution is 2.43. The van der Waals surface area contributed by atoms with Crippen LogP contribution in [0.15, 0.2) is 6.07 Å². The Morgan fingerprint density at radius 1 is 1.38 bits per heavy atom. The van der Waals surface area contributed by atoms with Gasteiger partial charge in [-0.2, -0.15) is 0 Å².